The van der Waals surface area contributed by atoms with E-state index in [9.17, 15) is 4.39 Å². The van der Waals surface area contributed by atoms with Crippen LogP contribution >= 0.6 is 11.6 Å². The predicted molar refractivity (Wildman–Crippen MR) is 70.2 cm³/mol. The molecule has 3 N–H and O–H groups in total. The molecule has 0 spiro atoms. The van der Waals surface area contributed by atoms with Gasteiger partial charge in [-0.05, 0) is 31.0 Å². The van der Waals surface area contributed by atoms with Gasteiger partial charge in [-0.15, -0.1) is 0 Å². The van der Waals surface area contributed by atoms with E-state index in [1.54, 1.807) is 6.07 Å². The molecule has 0 saturated carbocycles. The lowest BCUT2D eigenvalue weighted by molar-refractivity contribution is 0.107. The number of benzene rings is 1. The number of rotatable bonds is 5. The monoisotopic (exact) mass is 272 g/mol. The molecule has 1 heterocycles. The number of nitrogens with one attached hydrogen (secondary N) is 1. The van der Waals surface area contributed by atoms with Crippen LogP contribution in [-0.4, -0.2) is 25.8 Å². The number of hydrogen-bond donors (Lipinski definition) is 2. The van der Waals surface area contributed by atoms with Crippen molar-refractivity contribution in [2.45, 2.75) is 25.0 Å². The Morgan fingerprint density at radius 3 is 3.06 bits per heavy atom. The Labute approximate surface area is 111 Å². The summed E-state index contributed by atoms with van der Waals surface area (Å²) >= 11 is 5.89. The van der Waals surface area contributed by atoms with Gasteiger partial charge in [-0.2, -0.15) is 0 Å². The Kier molecular flexibility index (Phi) is 4.95. The third kappa shape index (κ3) is 3.42. The van der Waals surface area contributed by atoms with Gasteiger partial charge in [-0.1, -0.05) is 11.6 Å². The molecule has 1 aliphatic heterocycles. The molecule has 1 aromatic carbocycles. The first-order chi connectivity index (χ1) is 8.70. The predicted octanol–water partition coefficient (Wildman–Crippen LogP) is 2.25. The summed E-state index contributed by atoms with van der Waals surface area (Å²) in [7, 11) is 0. The average Bonchev–Trinajstić information content (AvgIpc) is 2.87. The number of hydrogen-bond acceptors (Lipinski definition) is 3. The molecule has 5 heteroatoms. The van der Waals surface area contributed by atoms with E-state index in [-0.39, 0.29) is 18.0 Å². The SMILES string of the molecule is NCC(NCC1CCCO1)c1cc(Cl)ccc1F. The largest absolute Gasteiger partial charge is 0.377 e. The van der Waals surface area contributed by atoms with Crippen LogP contribution in [0.1, 0.15) is 24.4 Å². The smallest absolute Gasteiger partial charge is 0.128 e. The summed E-state index contributed by atoms with van der Waals surface area (Å²) in [5.41, 5.74) is 6.21. The summed E-state index contributed by atoms with van der Waals surface area (Å²) in [5, 5.41) is 3.76. The third-order valence-electron chi connectivity index (χ3n) is 3.19. The minimum absolute atomic E-state index is 0.210. The molecule has 1 saturated heterocycles. The molecule has 0 radical (unpaired) electrons. The van der Waals surface area contributed by atoms with Crippen molar-refractivity contribution in [1.29, 1.82) is 0 Å². The van der Waals surface area contributed by atoms with Gasteiger partial charge in [-0.25, -0.2) is 4.39 Å². The highest BCUT2D eigenvalue weighted by Gasteiger charge is 2.19. The maximum atomic E-state index is 13.7. The maximum Gasteiger partial charge on any atom is 0.128 e. The molecule has 3 nitrogen and oxygen atoms in total. The molecule has 2 atom stereocenters. The quantitative estimate of drug-likeness (QED) is 0.864. The molecule has 2 rings (SSSR count). The van der Waals surface area contributed by atoms with E-state index in [4.69, 9.17) is 22.1 Å². The van der Waals surface area contributed by atoms with Crippen LogP contribution in [0.4, 0.5) is 4.39 Å². The fraction of sp³-hybridized carbons (Fsp3) is 0.538. The highest BCUT2D eigenvalue weighted by Crippen LogP contribution is 2.21. The summed E-state index contributed by atoms with van der Waals surface area (Å²) in [6.07, 6.45) is 2.34. The van der Waals surface area contributed by atoms with Crippen molar-refractivity contribution in [3.63, 3.8) is 0 Å². The first-order valence-corrected chi connectivity index (χ1v) is 6.58. The second kappa shape index (κ2) is 6.48. The normalized spacial score (nSPS) is 21.2. The Hall–Kier alpha value is -0.680. The van der Waals surface area contributed by atoms with Crippen LogP contribution < -0.4 is 11.1 Å². The Balaban J connectivity index is 2.00. The summed E-state index contributed by atoms with van der Waals surface area (Å²) in [6, 6.07) is 4.30. The lowest BCUT2D eigenvalue weighted by Gasteiger charge is -2.20. The molecule has 100 valence electrons. The van der Waals surface area contributed by atoms with Crippen molar-refractivity contribution in [3.05, 3.63) is 34.6 Å². The molecule has 1 aliphatic rings. The zero-order valence-corrected chi connectivity index (χ0v) is 10.9. The zero-order chi connectivity index (χ0) is 13.0. The summed E-state index contributed by atoms with van der Waals surface area (Å²) in [6.45, 7) is 1.82. The number of halogens is 2. The van der Waals surface area contributed by atoms with E-state index < -0.39 is 0 Å². The highest BCUT2D eigenvalue weighted by molar-refractivity contribution is 6.30. The average molecular weight is 273 g/mol. The van der Waals surface area contributed by atoms with Crippen molar-refractivity contribution in [3.8, 4) is 0 Å². The van der Waals surface area contributed by atoms with Crippen LogP contribution in [0.2, 0.25) is 5.02 Å². The van der Waals surface area contributed by atoms with E-state index in [1.807, 2.05) is 0 Å². The minimum atomic E-state index is -0.283. The topological polar surface area (TPSA) is 47.3 Å². The Morgan fingerprint density at radius 1 is 1.56 bits per heavy atom. The van der Waals surface area contributed by atoms with Gasteiger partial charge in [0.1, 0.15) is 5.82 Å². The van der Waals surface area contributed by atoms with Crippen molar-refractivity contribution >= 4 is 11.6 Å². The molecule has 0 amide bonds. The van der Waals surface area contributed by atoms with E-state index >= 15 is 0 Å². The molecule has 1 fully saturated rings. The second-order valence-corrected chi connectivity index (χ2v) is 4.93. The van der Waals surface area contributed by atoms with E-state index in [0.29, 0.717) is 23.7 Å². The Morgan fingerprint density at radius 2 is 2.39 bits per heavy atom. The second-order valence-electron chi connectivity index (χ2n) is 4.50. The molecular formula is C13H18ClFN2O. The zero-order valence-electron chi connectivity index (χ0n) is 10.2. The van der Waals surface area contributed by atoms with Crippen LogP contribution in [0.3, 0.4) is 0 Å². The molecule has 1 aromatic rings. The van der Waals surface area contributed by atoms with Crippen molar-refractivity contribution in [2.24, 2.45) is 5.73 Å². The van der Waals surface area contributed by atoms with Gasteiger partial charge in [0.05, 0.1) is 6.10 Å². The van der Waals surface area contributed by atoms with Gasteiger partial charge in [0.15, 0.2) is 0 Å². The fourth-order valence-electron chi connectivity index (χ4n) is 2.18. The van der Waals surface area contributed by atoms with Crippen LogP contribution in [0.5, 0.6) is 0 Å². The first-order valence-electron chi connectivity index (χ1n) is 6.20. The fourth-order valence-corrected chi connectivity index (χ4v) is 2.36. The number of nitrogens with two attached hydrogens (primary N) is 1. The standard InChI is InChI=1S/C13H18ClFN2O/c14-9-3-4-12(15)11(6-9)13(7-16)17-8-10-2-1-5-18-10/h3-4,6,10,13,17H,1-2,5,7-8,16H2. The van der Waals surface area contributed by atoms with E-state index in [2.05, 4.69) is 5.32 Å². The van der Waals surface area contributed by atoms with Gasteiger partial charge in [-0.3, -0.25) is 0 Å². The Bertz CT molecular complexity index is 397. The highest BCUT2D eigenvalue weighted by atomic mass is 35.5. The molecule has 0 aromatic heterocycles. The molecule has 0 aliphatic carbocycles. The van der Waals surface area contributed by atoms with Gasteiger partial charge in [0, 0.05) is 36.3 Å². The lowest BCUT2D eigenvalue weighted by atomic mass is 10.1. The van der Waals surface area contributed by atoms with E-state index in [1.165, 1.54) is 12.1 Å². The molecular weight excluding hydrogens is 255 g/mol. The van der Waals surface area contributed by atoms with Crippen molar-refractivity contribution in [2.75, 3.05) is 19.7 Å². The first kappa shape index (κ1) is 13.7. The molecule has 0 bridgehead atoms. The third-order valence-corrected chi connectivity index (χ3v) is 3.42. The summed E-state index contributed by atoms with van der Waals surface area (Å²) in [4.78, 5) is 0. The van der Waals surface area contributed by atoms with Crippen molar-refractivity contribution in [1.82, 2.24) is 5.32 Å². The minimum Gasteiger partial charge on any atom is -0.377 e. The van der Waals surface area contributed by atoms with Crippen LogP contribution in [0, 0.1) is 5.82 Å². The van der Waals surface area contributed by atoms with Crippen molar-refractivity contribution < 1.29 is 9.13 Å². The summed E-state index contributed by atoms with van der Waals surface area (Å²) < 4.78 is 19.2. The van der Waals surface area contributed by atoms with Crippen LogP contribution in [-0.2, 0) is 4.74 Å². The number of ether oxygens (including phenoxy) is 1. The van der Waals surface area contributed by atoms with Crippen LogP contribution in [0.25, 0.3) is 0 Å². The molecule has 2 unspecified atom stereocenters. The van der Waals surface area contributed by atoms with Gasteiger partial charge in [0.25, 0.3) is 0 Å². The van der Waals surface area contributed by atoms with Crippen LogP contribution in [0.15, 0.2) is 18.2 Å². The maximum absolute atomic E-state index is 13.7. The van der Waals surface area contributed by atoms with Gasteiger partial charge >= 0.3 is 0 Å². The van der Waals surface area contributed by atoms with E-state index in [0.717, 1.165) is 19.4 Å². The van der Waals surface area contributed by atoms with Gasteiger partial charge < -0.3 is 15.8 Å². The lowest BCUT2D eigenvalue weighted by Crippen LogP contribution is -2.34. The van der Waals surface area contributed by atoms with Gasteiger partial charge in [0.2, 0.25) is 0 Å². The summed E-state index contributed by atoms with van der Waals surface area (Å²) in [5.74, 6) is -0.283. The molecule has 18 heavy (non-hydrogen) atoms.